The molecular weight excluding hydrogens is 473 g/mol. The van der Waals surface area contributed by atoms with Crippen LogP contribution in [-0.4, -0.2) is 0 Å². The van der Waals surface area contributed by atoms with Gasteiger partial charge in [-0.3, -0.25) is 0 Å². The van der Waals surface area contributed by atoms with Gasteiger partial charge in [0.05, 0.1) is 0 Å². The van der Waals surface area contributed by atoms with E-state index in [9.17, 15) is 0 Å². The molecule has 5 heteroatoms. The normalized spacial score (nSPS) is 0. The van der Waals surface area contributed by atoms with Crippen LogP contribution in [0.1, 0.15) is 0 Å². The van der Waals surface area contributed by atoms with Crippen molar-refractivity contribution in [3.63, 3.8) is 0 Å². The Morgan fingerprint density at radius 3 is 1.00 bits per heavy atom. The van der Waals surface area contributed by atoms with E-state index in [2.05, 4.69) is 0 Å². The van der Waals surface area contributed by atoms with Gasteiger partial charge < -0.3 is 0 Å². The van der Waals surface area contributed by atoms with Gasteiger partial charge in [-0.1, -0.05) is 0 Å². The Kier molecular flexibility index (Phi) is 231. The van der Waals surface area contributed by atoms with Crippen molar-refractivity contribution in [2.24, 2.45) is 0 Å². The third-order valence-corrected chi connectivity index (χ3v) is 0. The van der Waals surface area contributed by atoms with E-state index >= 15 is 0 Å². The summed E-state index contributed by atoms with van der Waals surface area (Å²) >= 11 is 0. The van der Waals surface area contributed by atoms with Gasteiger partial charge in [0.15, 0.2) is 0 Å². The van der Waals surface area contributed by atoms with Crippen LogP contribution in [0.25, 0.3) is 0 Å². The van der Waals surface area contributed by atoms with Gasteiger partial charge in [0, 0.05) is 98.1 Å². The van der Waals surface area contributed by atoms with Gasteiger partial charge in [-0.15, -0.1) is 0 Å². The van der Waals surface area contributed by atoms with Gasteiger partial charge in [0.25, 0.3) is 0 Å². The Morgan fingerprint density at radius 2 is 1.00 bits per heavy atom. The van der Waals surface area contributed by atoms with Crippen LogP contribution in [0.5, 0.6) is 0 Å². The molecular formula is AuCuNiPdTi. The third kappa shape index (κ3) is 19.2. The molecule has 0 aliphatic carbocycles. The van der Waals surface area contributed by atoms with E-state index in [0.717, 1.165) is 0 Å². The smallest absolute Gasteiger partial charge is 0 e. The molecule has 0 spiro atoms. The zero-order valence-corrected chi connectivity index (χ0v) is 8.95. The van der Waals surface area contributed by atoms with Crippen LogP contribution in [0.2, 0.25) is 0 Å². The van der Waals surface area contributed by atoms with Crippen molar-refractivity contribution in [1.29, 1.82) is 0 Å². The van der Waals surface area contributed by atoms with E-state index in [4.69, 9.17) is 0 Å². The van der Waals surface area contributed by atoms with E-state index in [1.165, 1.54) is 0 Å². The summed E-state index contributed by atoms with van der Waals surface area (Å²) in [5, 5.41) is 0. The molecule has 5 heavy (non-hydrogen) atoms. The summed E-state index contributed by atoms with van der Waals surface area (Å²) in [5.41, 5.74) is 0. The molecule has 0 aliphatic rings. The standard InChI is InChI=1S/Au.Cu.Ni.Pd.Ti. The zero-order valence-electron chi connectivity index (χ0n) is 1.74. The van der Waals surface area contributed by atoms with Crippen molar-refractivity contribution in [2.45, 2.75) is 0 Å². The summed E-state index contributed by atoms with van der Waals surface area (Å²) < 4.78 is 0. The van der Waals surface area contributed by atoms with Gasteiger partial charge >= 0.3 is 0 Å². The molecule has 0 bridgehead atoms. The summed E-state index contributed by atoms with van der Waals surface area (Å²) in [6.45, 7) is 0. The maximum Gasteiger partial charge on any atom is 0 e. The Bertz CT molecular complexity index is 11.6. The van der Waals surface area contributed by atoms with E-state index in [1.807, 2.05) is 0 Å². The van der Waals surface area contributed by atoms with E-state index in [0.29, 0.717) is 0 Å². The predicted octanol–water partition coefficient (Wildman–Crippen LogP) is -0.0125. The van der Waals surface area contributed by atoms with Crippen LogP contribution in [-0.2, 0) is 98.1 Å². The first-order chi connectivity index (χ1) is 0. The van der Waals surface area contributed by atoms with Crippen LogP contribution < -0.4 is 0 Å². The predicted molar refractivity (Wildman–Crippen MR) is 0 cm³/mol. The van der Waals surface area contributed by atoms with Gasteiger partial charge in [0.1, 0.15) is 0 Å². The minimum Gasteiger partial charge on any atom is 0 e. The molecule has 0 aliphatic heterocycles. The van der Waals surface area contributed by atoms with Crippen molar-refractivity contribution in [1.82, 2.24) is 0 Å². The van der Waals surface area contributed by atoms with Gasteiger partial charge in [-0.2, -0.15) is 0 Å². The molecule has 0 saturated carbocycles. The van der Waals surface area contributed by atoms with Crippen molar-refractivity contribution in [2.75, 3.05) is 0 Å². The summed E-state index contributed by atoms with van der Waals surface area (Å²) in [5.74, 6) is 0. The summed E-state index contributed by atoms with van der Waals surface area (Å²) in [6, 6.07) is 0. The quantitative estimate of drug-likeness (QED) is 0.435. The fourth-order valence-electron chi connectivity index (χ4n) is 0. The van der Waals surface area contributed by atoms with Gasteiger partial charge in [-0.25, -0.2) is 0 Å². The summed E-state index contributed by atoms with van der Waals surface area (Å²) in [4.78, 5) is 0. The first-order valence-corrected chi connectivity index (χ1v) is 0. The topological polar surface area (TPSA) is 0 Å². The van der Waals surface area contributed by atoms with Crippen molar-refractivity contribution < 1.29 is 98.1 Å². The second-order valence-corrected chi connectivity index (χ2v) is 0. The van der Waals surface area contributed by atoms with Crippen molar-refractivity contribution >= 4 is 0 Å². The average Bonchev–Trinajstić information content (AvgIpc) is 0. The molecule has 2 radical (unpaired) electrons. The van der Waals surface area contributed by atoms with Crippen LogP contribution in [0, 0.1) is 0 Å². The van der Waals surface area contributed by atoms with E-state index in [-0.39, 0.29) is 98.1 Å². The molecule has 0 heterocycles. The molecule has 0 saturated heterocycles. The molecule has 0 aromatic heterocycles. The summed E-state index contributed by atoms with van der Waals surface area (Å²) in [7, 11) is 0. The molecule has 0 rings (SSSR count). The monoisotopic (exact) mass is 472 g/mol. The van der Waals surface area contributed by atoms with E-state index < -0.39 is 0 Å². The van der Waals surface area contributed by atoms with Crippen LogP contribution in [0.15, 0.2) is 0 Å². The molecule has 0 atom stereocenters. The molecule has 0 nitrogen and oxygen atoms in total. The molecule has 0 fully saturated rings. The second kappa shape index (κ2) is 27.3. The molecule has 46 valence electrons. The Hall–Kier alpha value is 3.13. The number of rotatable bonds is 0. The second-order valence-electron chi connectivity index (χ2n) is 0. The van der Waals surface area contributed by atoms with Gasteiger partial charge in [-0.05, 0) is 0 Å². The maximum absolute atomic E-state index is 0. The molecule has 0 aromatic rings. The fraction of sp³-hybridized carbons (Fsp3) is 0. The third-order valence-electron chi connectivity index (χ3n) is 0. The average molecular weight is 473 g/mol. The zero-order chi connectivity index (χ0) is 0. The van der Waals surface area contributed by atoms with Crippen LogP contribution >= 0.6 is 0 Å². The van der Waals surface area contributed by atoms with Crippen LogP contribution in [0.4, 0.5) is 0 Å². The van der Waals surface area contributed by atoms with E-state index in [1.54, 1.807) is 0 Å². The SMILES string of the molecule is [Au].[Cu].[Ni].[Pd].[Ti]. The van der Waals surface area contributed by atoms with Crippen molar-refractivity contribution in [3.8, 4) is 0 Å². The Labute approximate surface area is 96.4 Å². The molecule has 0 unspecified atom stereocenters. The summed E-state index contributed by atoms with van der Waals surface area (Å²) in [6.07, 6.45) is 0. The number of hydrogen-bond donors (Lipinski definition) is 0. The Balaban J connectivity index is 0. The maximum atomic E-state index is 0. The minimum absolute atomic E-state index is 0. The molecule has 0 aromatic carbocycles. The Morgan fingerprint density at radius 1 is 1.00 bits per heavy atom. The van der Waals surface area contributed by atoms with Crippen molar-refractivity contribution in [3.05, 3.63) is 0 Å². The number of hydrogen-bond acceptors (Lipinski definition) is 0. The fourth-order valence-corrected chi connectivity index (χ4v) is 0. The minimum atomic E-state index is 0. The van der Waals surface area contributed by atoms with Gasteiger partial charge in [0.2, 0.25) is 0 Å². The first-order valence-electron chi connectivity index (χ1n) is 0. The first kappa shape index (κ1) is 42.2. The molecule has 0 amide bonds. The molecule has 0 N–H and O–H groups in total. The van der Waals surface area contributed by atoms with Crippen LogP contribution in [0.3, 0.4) is 0 Å². The largest absolute Gasteiger partial charge is 0 e.